The Morgan fingerprint density at radius 1 is 1.22 bits per heavy atom. The van der Waals surface area contributed by atoms with E-state index in [4.69, 9.17) is 20.8 Å². The van der Waals surface area contributed by atoms with Crippen LogP contribution in [0.2, 0.25) is 5.02 Å². The van der Waals surface area contributed by atoms with Crippen molar-refractivity contribution in [3.05, 3.63) is 57.2 Å². The van der Waals surface area contributed by atoms with Gasteiger partial charge in [0.2, 0.25) is 0 Å². The molecule has 2 aromatic carbocycles. The van der Waals surface area contributed by atoms with Gasteiger partial charge in [0.25, 0.3) is 0 Å². The Balaban J connectivity index is 1.95. The van der Waals surface area contributed by atoms with E-state index in [1.807, 2.05) is 11.9 Å². The van der Waals surface area contributed by atoms with Gasteiger partial charge in [-0.25, -0.2) is 4.79 Å². The number of hydrogen-bond donors (Lipinski definition) is 2. The fourth-order valence-corrected chi connectivity index (χ4v) is 4.39. The van der Waals surface area contributed by atoms with Gasteiger partial charge < -0.3 is 29.0 Å². The number of benzene rings is 2. The third kappa shape index (κ3) is 3.99. The number of phenolic OH excluding ortho intramolecular Hbond substituents is 2. The molecule has 2 atom stereocenters. The molecule has 0 saturated carbocycles. The predicted molar refractivity (Wildman–Crippen MR) is 118 cm³/mol. The molecule has 0 aliphatic carbocycles. The van der Waals surface area contributed by atoms with Crippen LogP contribution in [-0.2, 0) is 9.47 Å². The Kier molecular flexibility index (Phi) is 5.99. The summed E-state index contributed by atoms with van der Waals surface area (Å²) in [5.41, 5.74) is 0.315. The van der Waals surface area contributed by atoms with Gasteiger partial charge >= 0.3 is 6.16 Å². The van der Waals surface area contributed by atoms with Gasteiger partial charge in [0.15, 0.2) is 5.43 Å². The lowest BCUT2D eigenvalue weighted by Crippen LogP contribution is -2.43. The van der Waals surface area contributed by atoms with E-state index in [1.165, 1.54) is 13.2 Å². The summed E-state index contributed by atoms with van der Waals surface area (Å²) in [6, 6.07) is 9.23. The number of halogens is 1. The third-order valence-corrected chi connectivity index (χ3v) is 6.01. The van der Waals surface area contributed by atoms with Crippen molar-refractivity contribution in [2.75, 3.05) is 27.2 Å². The molecule has 0 radical (unpaired) electrons. The maximum atomic E-state index is 13.0. The molecule has 0 amide bonds. The molecule has 2 N–H and O–H groups in total. The van der Waals surface area contributed by atoms with E-state index < -0.39 is 29.4 Å². The minimum Gasteiger partial charge on any atom is -0.507 e. The van der Waals surface area contributed by atoms with Gasteiger partial charge in [-0.1, -0.05) is 23.7 Å². The fraction of sp³-hybridized carbons (Fsp3) is 0.304. The van der Waals surface area contributed by atoms with E-state index in [2.05, 4.69) is 4.74 Å². The fourth-order valence-electron chi connectivity index (χ4n) is 4.17. The first-order valence-corrected chi connectivity index (χ1v) is 10.4. The average Bonchev–Trinajstić information content (AvgIpc) is 2.74. The molecule has 1 aliphatic heterocycles. The lowest BCUT2D eigenvalue weighted by Gasteiger charge is -2.36. The van der Waals surface area contributed by atoms with Crippen LogP contribution in [0.5, 0.6) is 11.5 Å². The summed E-state index contributed by atoms with van der Waals surface area (Å²) in [6.45, 7) is 1.04. The number of likely N-dealkylation sites (N-methyl/N-ethyl adjacent to an activating group) is 1. The van der Waals surface area contributed by atoms with E-state index in [0.717, 1.165) is 6.07 Å². The van der Waals surface area contributed by atoms with Gasteiger partial charge in [-0.15, -0.1) is 0 Å². The smallest absolute Gasteiger partial charge is 0.507 e. The van der Waals surface area contributed by atoms with Gasteiger partial charge in [-0.2, -0.15) is 0 Å². The second kappa shape index (κ2) is 8.72. The van der Waals surface area contributed by atoms with Crippen LogP contribution in [0.3, 0.4) is 0 Å². The molecular formula is C23H22ClNO7. The summed E-state index contributed by atoms with van der Waals surface area (Å²) in [7, 11) is 3.10. The maximum absolute atomic E-state index is 13.0. The second-order valence-corrected chi connectivity index (χ2v) is 8.16. The normalized spacial score (nSPS) is 19.1. The van der Waals surface area contributed by atoms with Crippen molar-refractivity contribution >= 4 is 28.7 Å². The van der Waals surface area contributed by atoms with Gasteiger partial charge in [-0.05, 0) is 32.1 Å². The van der Waals surface area contributed by atoms with E-state index in [1.54, 1.807) is 24.3 Å². The Labute approximate surface area is 188 Å². The summed E-state index contributed by atoms with van der Waals surface area (Å²) < 4.78 is 16.2. The minimum absolute atomic E-state index is 0.0259. The van der Waals surface area contributed by atoms with Crippen molar-refractivity contribution < 1.29 is 28.9 Å². The highest BCUT2D eigenvalue weighted by Crippen LogP contribution is 2.43. The number of piperidine rings is 1. The van der Waals surface area contributed by atoms with Gasteiger partial charge in [-0.3, -0.25) is 4.79 Å². The number of likely N-dealkylation sites (tertiary alicyclic amines) is 1. The summed E-state index contributed by atoms with van der Waals surface area (Å²) in [6.07, 6.45) is -1.02. The number of rotatable bonds is 3. The lowest BCUT2D eigenvalue weighted by molar-refractivity contribution is -0.00222. The monoisotopic (exact) mass is 459 g/mol. The molecule has 1 aliphatic rings. The van der Waals surface area contributed by atoms with Crippen LogP contribution >= 0.6 is 11.6 Å². The number of methoxy groups -OCH3 is 1. The van der Waals surface area contributed by atoms with Crippen molar-refractivity contribution in [2.24, 2.45) is 0 Å². The number of phenols is 2. The molecule has 4 rings (SSSR count). The van der Waals surface area contributed by atoms with Crippen molar-refractivity contribution in [3.8, 4) is 22.8 Å². The molecule has 168 valence electrons. The largest absolute Gasteiger partial charge is 0.508 e. The Bertz CT molecular complexity index is 1240. The molecule has 2 heterocycles. The minimum atomic E-state index is -0.851. The second-order valence-electron chi connectivity index (χ2n) is 7.76. The third-order valence-electron chi connectivity index (χ3n) is 5.68. The number of ether oxygens (including phenoxy) is 2. The standard InChI is InChI=1S/C23H22ClNO7/c1-25-8-7-13(19(11-25)32-23(29)30-2)20-15(26)9-16(27)21-17(28)10-18(31-22(20)21)12-5-3-4-6-14(12)24/h3-6,9-10,13,19,26-27H,7-8,11H2,1-2H3. The molecule has 0 bridgehead atoms. The highest BCUT2D eigenvalue weighted by molar-refractivity contribution is 6.33. The number of aromatic hydroxyl groups is 2. The first kappa shape index (κ1) is 22.0. The number of fused-ring (bicyclic) bond motifs is 1. The van der Waals surface area contributed by atoms with Crippen molar-refractivity contribution in [3.63, 3.8) is 0 Å². The van der Waals surface area contributed by atoms with Crippen LogP contribution in [0, 0.1) is 0 Å². The summed E-state index contributed by atoms with van der Waals surface area (Å²) in [5.74, 6) is -0.975. The van der Waals surface area contributed by atoms with Crippen LogP contribution < -0.4 is 5.43 Å². The van der Waals surface area contributed by atoms with Crippen LogP contribution in [0.15, 0.2) is 45.6 Å². The Hall–Kier alpha value is -3.23. The first-order valence-electron chi connectivity index (χ1n) is 10.0. The number of carbonyl (C=O) groups is 1. The molecule has 1 aromatic heterocycles. The molecule has 1 saturated heterocycles. The van der Waals surface area contributed by atoms with Crippen molar-refractivity contribution in [1.82, 2.24) is 4.90 Å². The quantitative estimate of drug-likeness (QED) is 0.563. The lowest BCUT2D eigenvalue weighted by atomic mass is 9.85. The number of hydrogen-bond acceptors (Lipinski definition) is 8. The van der Waals surface area contributed by atoms with Crippen LogP contribution in [0.4, 0.5) is 4.79 Å². The Morgan fingerprint density at radius 3 is 2.69 bits per heavy atom. The zero-order valence-electron chi connectivity index (χ0n) is 17.5. The summed E-state index contributed by atoms with van der Waals surface area (Å²) in [5, 5.41) is 21.5. The summed E-state index contributed by atoms with van der Waals surface area (Å²) >= 11 is 6.29. The van der Waals surface area contributed by atoms with Crippen molar-refractivity contribution in [2.45, 2.75) is 18.4 Å². The van der Waals surface area contributed by atoms with Crippen molar-refractivity contribution in [1.29, 1.82) is 0 Å². The average molecular weight is 460 g/mol. The number of carbonyl (C=O) groups excluding carboxylic acids is 1. The number of nitrogens with zero attached hydrogens (tertiary/aromatic N) is 1. The highest BCUT2D eigenvalue weighted by atomic mass is 35.5. The van der Waals surface area contributed by atoms with Gasteiger partial charge in [0.1, 0.15) is 34.3 Å². The van der Waals surface area contributed by atoms with E-state index in [9.17, 15) is 19.8 Å². The summed E-state index contributed by atoms with van der Waals surface area (Å²) in [4.78, 5) is 26.8. The highest BCUT2D eigenvalue weighted by Gasteiger charge is 2.36. The van der Waals surface area contributed by atoms with Crippen LogP contribution in [-0.4, -0.2) is 54.6 Å². The van der Waals surface area contributed by atoms with E-state index in [-0.39, 0.29) is 28.0 Å². The van der Waals surface area contributed by atoms with Crippen LogP contribution in [0.1, 0.15) is 17.9 Å². The van der Waals surface area contributed by atoms with Crippen LogP contribution in [0.25, 0.3) is 22.3 Å². The molecular weight excluding hydrogens is 438 g/mol. The molecule has 8 nitrogen and oxygen atoms in total. The Morgan fingerprint density at radius 2 is 1.97 bits per heavy atom. The zero-order valence-corrected chi connectivity index (χ0v) is 18.3. The molecule has 2 unspecified atom stereocenters. The molecule has 3 aromatic rings. The van der Waals surface area contributed by atoms with E-state index in [0.29, 0.717) is 30.1 Å². The molecule has 32 heavy (non-hydrogen) atoms. The molecule has 1 fully saturated rings. The maximum Gasteiger partial charge on any atom is 0.508 e. The molecule has 0 spiro atoms. The SMILES string of the molecule is COC(=O)OC1CN(C)CCC1c1c(O)cc(O)c2c(=O)cc(-c3ccccc3Cl)oc12. The zero-order chi connectivity index (χ0) is 23.0. The molecule has 9 heteroatoms. The van der Waals surface area contributed by atoms with Gasteiger partial charge in [0.05, 0.1) is 12.1 Å². The van der Waals surface area contributed by atoms with Gasteiger partial charge in [0, 0.05) is 35.7 Å². The predicted octanol–water partition coefficient (Wildman–Crippen LogP) is 4.10. The van der Waals surface area contributed by atoms with E-state index >= 15 is 0 Å². The topological polar surface area (TPSA) is 109 Å². The first-order chi connectivity index (χ1) is 15.3.